The lowest BCUT2D eigenvalue weighted by Gasteiger charge is -2.20. The molecule has 0 aliphatic heterocycles. The van der Waals surface area contributed by atoms with E-state index >= 15 is 0 Å². The molecule has 150 valence electrons. The largest absolute Gasteiger partial charge is 0.322 e. The number of nitrogens with zero attached hydrogens (tertiary/aromatic N) is 1. The smallest absolute Gasteiger partial charge is 0.264 e. The molecule has 1 N–H and O–H groups in total. The summed E-state index contributed by atoms with van der Waals surface area (Å²) in [5, 5.41) is 3.34. The summed E-state index contributed by atoms with van der Waals surface area (Å²) in [6.07, 6.45) is 0. The van der Waals surface area contributed by atoms with Crippen LogP contribution < -0.4 is 9.62 Å². The summed E-state index contributed by atoms with van der Waals surface area (Å²) < 4.78 is 26.8. The number of hydrogen-bond acceptors (Lipinski definition) is 3. The van der Waals surface area contributed by atoms with Crippen LogP contribution in [0.5, 0.6) is 0 Å². The van der Waals surface area contributed by atoms with E-state index in [-0.39, 0.29) is 15.5 Å². The van der Waals surface area contributed by atoms with Crippen LogP contribution in [0.3, 0.4) is 0 Å². The molecule has 0 atom stereocenters. The zero-order valence-corrected chi connectivity index (χ0v) is 18.0. The summed E-state index contributed by atoms with van der Waals surface area (Å²) in [6, 6.07) is 17.8. The van der Waals surface area contributed by atoms with Crippen LogP contribution in [0.1, 0.15) is 15.9 Å². The first-order valence-corrected chi connectivity index (χ1v) is 10.8. The first-order valence-electron chi connectivity index (χ1n) is 8.60. The van der Waals surface area contributed by atoms with Crippen molar-refractivity contribution >= 4 is 50.5 Å². The maximum atomic E-state index is 12.8. The van der Waals surface area contributed by atoms with E-state index in [0.29, 0.717) is 16.4 Å². The third kappa shape index (κ3) is 4.72. The zero-order chi connectivity index (χ0) is 21.2. The lowest BCUT2D eigenvalue weighted by atomic mass is 10.2. The van der Waals surface area contributed by atoms with Crippen molar-refractivity contribution in [2.45, 2.75) is 11.8 Å². The van der Waals surface area contributed by atoms with E-state index in [1.54, 1.807) is 48.5 Å². The van der Waals surface area contributed by atoms with Crippen molar-refractivity contribution in [2.24, 2.45) is 0 Å². The van der Waals surface area contributed by atoms with Gasteiger partial charge in [-0.3, -0.25) is 9.10 Å². The minimum Gasteiger partial charge on any atom is -0.322 e. The molecule has 3 rings (SSSR count). The first kappa shape index (κ1) is 21.2. The number of nitrogens with one attached hydrogen (secondary N) is 1. The fourth-order valence-electron chi connectivity index (χ4n) is 2.66. The van der Waals surface area contributed by atoms with Crippen LogP contribution in [-0.2, 0) is 10.0 Å². The number of benzene rings is 3. The number of halogens is 2. The van der Waals surface area contributed by atoms with Crippen LogP contribution in [0, 0.1) is 6.92 Å². The van der Waals surface area contributed by atoms with Gasteiger partial charge in [0, 0.05) is 17.8 Å². The monoisotopic (exact) mass is 448 g/mol. The van der Waals surface area contributed by atoms with Gasteiger partial charge in [-0.15, -0.1) is 0 Å². The van der Waals surface area contributed by atoms with Gasteiger partial charge in [0.2, 0.25) is 0 Å². The summed E-state index contributed by atoms with van der Waals surface area (Å²) in [5.41, 5.74) is 2.05. The van der Waals surface area contributed by atoms with Crippen molar-refractivity contribution < 1.29 is 13.2 Å². The number of sulfonamides is 1. The molecule has 0 heterocycles. The highest BCUT2D eigenvalue weighted by Gasteiger charge is 2.22. The SMILES string of the molecule is Cc1ccc(S(=O)(=O)N(C)c2ccc(C(=O)Nc3cccc(Cl)c3)c(Cl)c2)cc1. The van der Waals surface area contributed by atoms with E-state index in [1.165, 1.54) is 25.2 Å². The molecule has 3 aromatic carbocycles. The molecule has 0 saturated heterocycles. The van der Waals surface area contributed by atoms with Gasteiger partial charge in [0.05, 0.1) is 21.2 Å². The Labute approximate surface area is 179 Å². The molecular weight excluding hydrogens is 431 g/mol. The normalized spacial score (nSPS) is 11.2. The van der Waals surface area contributed by atoms with Crippen LogP contribution in [0.15, 0.2) is 71.6 Å². The fourth-order valence-corrected chi connectivity index (χ4v) is 4.29. The molecular formula is C21H18Cl2N2O3S. The average Bonchev–Trinajstić information content (AvgIpc) is 2.67. The molecule has 3 aromatic rings. The fraction of sp³-hybridized carbons (Fsp3) is 0.0952. The number of rotatable bonds is 5. The first-order chi connectivity index (χ1) is 13.7. The molecule has 0 spiro atoms. The van der Waals surface area contributed by atoms with Gasteiger partial charge in [-0.05, 0) is 55.5 Å². The third-order valence-corrected chi connectivity index (χ3v) is 6.67. The predicted molar refractivity (Wildman–Crippen MR) is 118 cm³/mol. The van der Waals surface area contributed by atoms with Gasteiger partial charge < -0.3 is 5.32 Å². The highest BCUT2D eigenvalue weighted by molar-refractivity contribution is 7.92. The Balaban J connectivity index is 1.84. The topological polar surface area (TPSA) is 66.5 Å². The summed E-state index contributed by atoms with van der Waals surface area (Å²) in [4.78, 5) is 12.7. The number of aryl methyl sites for hydroxylation is 1. The van der Waals surface area contributed by atoms with Crippen LogP contribution in [0.2, 0.25) is 10.0 Å². The second-order valence-electron chi connectivity index (χ2n) is 6.41. The Morgan fingerprint density at radius 2 is 1.66 bits per heavy atom. The minimum absolute atomic E-state index is 0.132. The summed E-state index contributed by atoms with van der Waals surface area (Å²) in [6.45, 7) is 1.88. The van der Waals surface area contributed by atoms with Gasteiger partial charge in [0.25, 0.3) is 15.9 Å². The van der Waals surface area contributed by atoms with Gasteiger partial charge in [0.1, 0.15) is 0 Å². The van der Waals surface area contributed by atoms with E-state index in [4.69, 9.17) is 23.2 Å². The Hall–Kier alpha value is -2.54. The van der Waals surface area contributed by atoms with Crippen molar-refractivity contribution in [1.29, 1.82) is 0 Å². The van der Waals surface area contributed by atoms with Gasteiger partial charge in [-0.25, -0.2) is 8.42 Å². The van der Waals surface area contributed by atoms with Crippen molar-refractivity contribution in [2.75, 3.05) is 16.7 Å². The summed E-state index contributed by atoms with van der Waals surface area (Å²) >= 11 is 12.2. The van der Waals surface area contributed by atoms with Crippen molar-refractivity contribution in [3.05, 3.63) is 87.9 Å². The van der Waals surface area contributed by atoms with E-state index in [1.807, 2.05) is 6.92 Å². The van der Waals surface area contributed by atoms with Gasteiger partial charge >= 0.3 is 0 Å². The Morgan fingerprint density at radius 1 is 0.966 bits per heavy atom. The maximum Gasteiger partial charge on any atom is 0.264 e. The van der Waals surface area contributed by atoms with Gasteiger partial charge in [-0.2, -0.15) is 0 Å². The van der Waals surface area contributed by atoms with E-state index in [0.717, 1.165) is 9.87 Å². The Kier molecular flexibility index (Phi) is 6.17. The van der Waals surface area contributed by atoms with Gasteiger partial charge in [0.15, 0.2) is 0 Å². The van der Waals surface area contributed by atoms with Crippen molar-refractivity contribution in [3.8, 4) is 0 Å². The summed E-state index contributed by atoms with van der Waals surface area (Å²) in [5.74, 6) is -0.423. The number of carbonyl (C=O) groups is 1. The third-order valence-electron chi connectivity index (χ3n) is 4.32. The molecule has 0 fully saturated rings. The molecule has 0 bridgehead atoms. The van der Waals surface area contributed by atoms with Crippen LogP contribution in [0.25, 0.3) is 0 Å². The molecule has 0 saturated carbocycles. The molecule has 0 aliphatic carbocycles. The van der Waals surface area contributed by atoms with Crippen molar-refractivity contribution in [3.63, 3.8) is 0 Å². The van der Waals surface area contributed by atoms with E-state index in [2.05, 4.69) is 5.32 Å². The Morgan fingerprint density at radius 3 is 2.28 bits per heavy atom. The summed E-state index contributed by atoms with van der Waals surface area (Å²) in [7, 11) is -2.32. The standard InChI is InChI=1S/C21H18Cl2N2O3S/c1-14-6-9-18(10-7-14)29(27,28)25(2)17-8-11-19(20(23)13-17)21(26)24-16-5-3-4-15(22)12-16/h3-13H,1-2H3,(H,24,26). The van der Waals surface area contributed by atoms with E-state index in [9.17, 15) is 13.2 Å². The quantitative estimate of drug-likeness (QED) is 0.569. The Bertz CT molecular complexity index is 1160. The predicted octanol–water partition coefficient (Wildman–Crippen LogP) is 5.38. The second kappa shape index (κ2) is 8.45. The molecule has 0 radical (unpaired) electrons. The maximum absolute atomic E-state index is 12.8. The molecule has 0 aromatic heterocycles. The van der Waals surface area contributed by atoms with E-state index < -0.39 is 15.9 Å². The highest BCUT2D eigenvalue weighted by Crippen LogP contribution is 2.28. The molecule has 29 heavy (non-hydrogen) atoms. The van der Waals surface area contributed by atoms with Crippen LogP contribution >= 0.6 is 23.2 Å². The molecule has 8 heteroatoms. The molecule has 0 aliphatic rings. The lowest BCUT2D eigenvalue weighted by molar-refractivity contribution is 0.102. The lowest BCUT2D eigenvalue weighted by Crippen LogP contribution is -2.26. The van der Waals surface area contributed by atoms with Crippen LogP contribution in [-0.4, -0.2) is 21.4 Å². The van der Waals surface area contributed by atoms with Crippen molar-refractivity contribution in [1.82, 2.24) is 0 Å². The average molecular weight is 449 g/mol. The minimum atomic E-state index is -3.75. The molecule has 5 nitrogen and oxygen atoms in total. The molecule has 1 amide bonds. The zero-order valence-electron chi connectivity index (χ0n) is 15.7. The molecule has 0 unspecified atom stereocenters. The van der Waals surface area contributed by atoms with Crippen LogP contribution in [0.4, 0.5) is 11.4 Å². The number of hydrogen-bond donors (Lipinski definition) is 1. The number of carbonyl (C=O) groups excluding carboxylic acids is 1. The van der Waals surface area contributed by atoms with Gasteiger partial charge in [-0.1, -0.05) is 47.0 Å². The second-order valence-corrected chi connectivity index (χ2v) is 9.23. The highest BCUT2D eigenvalue weighted by atomic mass is 35.5. The number of amides is 1. The number of anilines is 2.